The Morgan fingerprint density at radius 1 is 1.47 bits per heavy atom. The van der Waals surface area contributed by atoms with Crippen LogP contribution in [0.1, 0.15) is 36.9 Å². The smallest absolute Gasteiger partial charge is 0.260 e. The van der Waals surface area contributed by atoms with E-state index < -0.39 is 10.0 Å². The number of nitrogens with one attached hydrogen (secondary N) is 2. The Morgan fingerprint density at radius 3 is 2.71 bits per heavy atom. The van der Waals surface area contributed by atoms with Crippen LogP contribution in [-0.2, 0) is 16.6 Å². The van der Waals surface area contributed by atoms with Crippen molar-refractivity contribution >= 4 is 10.0 Å². The molecule has 0 amide bonds. The highest BCUT2D eigenvalue weighted by Gasteiger charge is 2.27. The maximum atomic E-state index is 12.1. The van der Waals surface area contributed by atoms with Gasteiger partial charge in [-0.15, -0.1) is 0 Å². The Balaban J connectivity index is 2.24. The minimum atomic E-state index is -3.54. The number of H-pyrrole nitrogens is 1. The lowest BCUT2D eigenvalue weighted by Gasteiger charge is -2.11. The summed E-state index contributed by atoms with van der Waals surface area (Å²) in [5.41, 5.74) is 6.82. The Hall–Kier alpha value is -0.920. The van der Waals surface area contributed by atoms with Crippen molar-refractivity contribution in [3.63, 3.8) is 0 Å². The SMILES string of the molecule is Cc1[nH]nc(S(=O)(=O)NC2CCCC2)c1CN. The number of nitrogens with two attached hydrogens (primary N) is 1. The molecule has 1 aliphatic carbocycles. The normalized spacial score (nSPS) is 17.8. The molecule has 0 radical (unpaired) electrons. The van der Waals surface area contributed by atoms with E-state index in [4.69, 9.17) is 5.73 Å². The molecule has 2 rings (SSSR count). The Morgan fingerprint density at radius 2 is 2.12 bits per heavy atom. The first-order valence-electron chi connectivity index (χ1n) is 5.81. The largest absolute Gasteiger partial charge is 0.326 e. The molecule has 1 aliphatic rings. The molecule has 0 bridgehead atoms. The van der Waals surface area contributed by atoms with E-state index in [0.29, 0.717) is 11.3 Å². The van der Waals surface area contributed by atoms with Gasteiger partial charge >= 0.3 is 0 Å². The van der Waals surface area contributed by atoms with E-state index in [1.165, 1.54) is 0 Å². The number of aryl methyl sites for hydroxylation is 1. The minimum Gasteiger partial charge on any atom is -0.326 e. The number of sulfonamides is 1. The van der Waals surface area contributed by atoms with Crippen LogP contribution in [0.15, 0.2) is 5.03 Å². The van der Waals surface area contributed by atoms with Crippen LogP contribution in [0.25, 0.3) is 0 Å². The first-order chi connectivity index (χ1) is 8.04. The fraction of sp³-hybridized carbons (Fsp3) is 0.700. The van der Waals surface area contributed by atoms with Gasteiger partial charge in [0.1, 0.15) is 0 Å². The number of hydrogen-bond donors (Lipinski definition) is 3. The molecule has 6 nitrogen and oxygen atoms in total. The van der Waals surface area contributed by atoms with E-state index >= 15 is 0 Å². The summed E-state index contributed by atoms with van der Waals surface area (Å²) in [5, 5.41) is 6.56. The summed E-state index contributed by atoms with van der Waals surface area (Å²) in [7, 11) is -3.54. The van der Waals surface area contributed by atoms with Crippen molar-refractivity contribution in [2.75, 3.05) is 0 Å². The summed E-state index contributed by atoms with van der Waals surface area (Å²) in [6.45, 7) is 1.94. The monoisotopic (exact) mass is 258 g/mol. The fourth-order valence-corrected chi connectivity index (χ4v) is 3.72. The second-order valence-corrected chi connectivity index (χ2v) is 6.07. The van der Waals surface area contributed by atoms with Gasteiger partial charge in [-0.1, -0.05) is 12.8 Å². The summed E-state index contributed by atoms with van der Waals surface area (Å²) < 4.78 is 27.0. The van der Waals surface area contributed by atoms with Crippen LogP contribution in [0.4, 0.5) is 0 Å². The average molecular weight is 258 g/mol. The zero-order chi connectivity index (χ0) is 12.5. The molecular weight excluding hydrogens is 240 g/mol. The van der Waals surface area contributed by atoms with Crippen LogP contribution in [0.2, 0.25) is 0 Å². The first-order valence-corrected chi connectivity index (χ1v) is 7.29. The average Bonchev–Trinajstić information content (AvgIpc) is 2.86. The van der Waals surface area contributed by atoms with E-state index in [2.05, 4.69) is 14.9 Å². The van der Waals surface area contributed by atoms with Crippen molar-refractivity contribution in [1.82, 2.24) is 14.9 Å². The molecule has 1 fully saturated rings. The summed E-state index contributed by atoms with van der Waals surface area (Å²) in [4.78, 5) is 0. The van der Waals surface area contributed by atoms with Crippen LogP contribution >= 0.6 is 0 Å². The standard InChI is InChI=1S/C10H18N4O2S/c1-7-9(6-11)10(13-12-7)17(15,16)14-8-4-2-3-5-8/h8,14H,2-6,11H2,1H3,(H,12,13). The molecule has 1 aromatic rings. The van der Waals surface area contributed by atoms with Gasteiger partial charge in [-0.3, -0.25) is 5.10 Å². The molecule has 17 heavy (non-hydrogen) atoms. The molecule has 0 spiro atoms. The van der Waals surface area contributed by atoms with Gasteiger partial charge < -0.3 is 5.73 Å². The van der Waals surface area contributed by atoms with Gasteiger partial charge in [-0.05, 0) is 19.8 Å². The molecule has 7 heteroatoms. The van der Waals surface area contributed by atoms with Crippen molar-refractivity contribution in [2.24, 2.45) is 5.73 Å². The minimum absolute atomic E-state index is 0.0441. The lowest BCUT2D eigenvalue weighted by molar-refractivity contribution is 0.547. The van der Waals surface area contributed by atoms with Gasteiger partial charge in [0.2, 0.25) is 0 Å². The molecule has 0 saturated heterocycles. The number of aromatic nitrogens is 2. The molecule has 1 saturated carbocycles. The van der Waals surface area contributed by atoms with Gasteiger partial charge in [0.25, 0.3) is 10.0 Å². The van der Waals surface area contributed by atoms with Crippen LogP contribution in [0, 0.1) is 6.92 Å². The van der Waals surface area contributed by atoms with Crippen molar-refractivity contribution in [3.05, 3.63) is 11.3 Å². The van der Waals surface area contributed by atoms with Gasteiger partial charge in [0.15, 0.2) is 5.03 Å². The summed E-state index contributed by atoms with van der Waals surface area (Å²) >= 11 is 0. The second-order valence-electron chi connectivity index (χ2n) is 4.44. The third-order valence-corrected chi connectivity index (χ3v) is 4.66. The van der Waals surface area contributed by atoms with E-state index in [-0.39, 0.29) is 17.6 Å². The Labute approximate surface area is 101 Å². The summed E-state index contributed by atoms with van der Waals surface area (Å²) in [5.74, 6) is 0. The highest BCUT2D eigenvalue weighted by molar-refractivity contribution is 7.89. The molecule has 0 aliphatic heterocycles. The molecule has 1 heterocycles. The lowest BCUT2D eigenvalue weighted by atomic mass is 10.3. The highest BCUT2D eigenvalue weighted by Crippen LogP contribution is 2.21. The van der Waals surface area contributed by atoms with E-state index in [0.717, 1.165) is 25.7 Å². The van der Waals surface area contributed by atoms with Gasteiger partial charge in [0.05, 0.1) is 0 Å². The van der Waals surface area contributed by atoms with E-state index in [1.807, 2.05) is 0 Å². The summed E-state index contributed by atoms with van der Waals surface area (Å²) in [6.07, 6.45) is 3.97. The van der Waals surface area contributed by atoms with Crippen LogP contribution in [0.5, 0.6) is 0 Å². The molecule has 1 aromatic heterocycles. The molecule has 96 valence electrons. The van der Waals surface area contributed by atoms with Crippen molar-refractivity contribution < 1.29 is 8.42 Å². The molecule has 4 N–H and O–H groups in total. The Bertz CT molecular complexity index is 488. The van der Waals surface area contributed by atoms with Crippen molar-refractivity contribution in [1.29, 1.82) is 0 Å². The topological polar surface area (TPSA) is 101 Å². The maximum absolute atomic E-state index is 12.1. The predicted octanol–water partition coefficient (Wildman–Crippen LogP) is 0.398. The third-order valence-electron chi connectivity index (χ3n) is 3.17. The number of nitrogens with zero attached hydrogens (tertiary/aromatic N) is 1. The third kappa shape index (κ3) is 2.51. The number of rotatable bonds is 4. The Kier molecular flexibility index (Phi) is 3.50. The van der Waals surface area contributed by atoms with Crippen molar-refractivity contribution in [2.45, 2.75) is 50.2 Å². The fourth-order valence-electron chi connectivity index (χ4n) is 2.21. The molecule has 0 aromatic carbocycles. The number of hydrogen-bond acceptors (Lipinski definition) is 4. The molecule has 0 unspecified atom stereocenters. The van der Waals surface area contributed by atoms with Gasteiger partial charge in [0, 0.05) is 23.8 Å². The predicted molar refractivity (Wildman–Crippen MR) is 63.8 cm³/mol. The first kappa shape index (κ1) is 12.5. The maximum Gasteiger partial charge on any atom is 0.260 e. The van der Waals surface area contributed by atoms with E-state index in [9.17, 15) is 8.42 Å². The van der Waals surface area contributed by atoms with Crippen molar-refractivity contribution in [3.8, 4) is 0 Å². The number of aromatic amines is 1. The van der Waals surface area contributed by atoms with Gasteiger partial charge in [-0.2, -0.15) is 5.10 Å². The summed E-state index contributed by atoms with van der Waals surface area (Å²) in [6, 6.07) is 0.0441. The van der Waals surface area contributed by atoms with Crippen LogP contribution < -0.4 is 10.5 Å². The zero-order valence-electron chi connectivity index (χ0n) is 9.86. The zero-order valence-corrected chi connectivity index (χ0v) is 10.7. The second kappa shape index (κ2) is 4.75. The van der Waals surface area contributed by atoms with E-state index in [1.54, 1.807) is 6.92 Å². The lowest BCUT2D eigenvalue weighted by Crippen LogP contribution is -2.33. The van der Waals surface area contributed by atoms with Crippen LogP contribution in [-0.4, -0.2) is 24.7 Å². The molecular formula is C10H18N4O2S. The van der Waals surface area contributed by atoms with Gasteiger partial charge in [-0.25, -0.2) is 13.1 Å². The quantitative estimate of drug-likeness (QED) is 0.727. The molecule has 0 atom stereocenters. The van der Waals surface area contributed by atoms with Crippen LogP contribution in [0.3, 0.4) is 0 Å². The highest BCUT2D eigenvalue weighted by atomic mass is 32.2.